The first-order valence-corrected chi connectivity index (χ1v) is 10.5. The second-order valence-corrected chi connectivity index (χ2v) is 6.76. The molecule has 3 nitrogen and oxygen atoms in total. The molecule has 0 unspecified atom stereocenters. The van der Waals surface area contributed by atoms with Crippen molar-refractivity contribution in [2.45, 2.75) is 39.9 Å². The lowest BCUT2D eigenvalue weighted by atomic mass is 10.1. The lowest BCUT2D eigenvalue weighted by Gasteiger charge is -2.05. The first-order valence-electron chi connectivity index (χ1n) is 10.5. The average Bonchev–Trinajstić information content (AvgIpc) is 3.26. The first-order chi connectivity index (χ1) is 14.8. The van der Waals surface area contributed by atoms with Gasteiger partial charge < -0.3 is 9.15 Å². The molecule has 154 valence electrons. The van der Waals surface area contributed by atoms with Crippen LogP contribution in [0.5, 0.6) is 0 Å². The largest absolute Gasteiger partial charge is 0.436 e. The van der Waals surface area contributed by atoms with E-state index in [9.17, 15) is 0 Å². The van der Waals surface area contributed by atoms with Crippen LogP contribution in [-0.2, 0) is 18.0 Å². The molecule has 2 aromatic carbocycles. The Morgan fingerprint density at radius 1 is 1.03 bits per heavy atom. The van der Waals surface area contributed by atoms with E-state index in [4.69, 9.17) is 14.1 Å². The van der Waals surface area contributed by atoms with Crippen LogP contribution in [0.2, 0.25) is 0 Å². The van der Waals surface area contributed by atoms with E-state index in [1.165, 1.54) is 0 Å². The summed E-state index contributed by atoms with van der Waals surface area (Å²) >= 11 is 0. The number of rotatable bonds is 7. The maximum absolute atomic E-state index is 6.17. The molecule has 0 spiro atoms. The Morgan fingerprint density at radius 3 is 2.47 bits per heavy atom. The fraction of sp³-hybridized carbons (Fsp3) is 0.222. The van der Waals surface area contributed by atoms with Crippen LogP contribution in [0.15, 0.2) is 83.8 Å². The molecule has 0 bridgehead atoms. The third-order valence-corrected chi connectivity index (χ3v) is 4.74. The molecule has 0 saturated carbocycles. The standard InChI is InChI=1S/C25H23NO2.C2H6/c1-2-19-13-15-20(16-14-19)17-27-18-23-24(21-9-5-3-6-10-21)28-25(26-23)22-11-7-4-8-12-22;1-2/h2-7,9-11,13-16H,1,8,12,17-18H2;1-2H3. The maximum atomic E-state index is 6.17. The fourth-order valence-corrected chi connectivity index (χ4v) is 3.20. The van der Waals surface area contributed by atoms with Crippen LogP contribution in [0.3, 0.4) is 0 Å². The molecule has 0 saturated heterocycles. The molecule has 0 amide bonds. The summed E-state index contributed by atoms with van der Waals surface area (Å²) in [6.45, 7) is 8.71. The second-order valence-electron chi connectivity index (χ2n) is 6.76. The van der Waals surface area contributed by atoms with E-state index in [-0.39, 0.29) is 0 Å². The van der Waals surface area contributed by atoms with Crippen molar-refractivity contribution in [2.75, 3.05) is 0 Å². The molecule has 0 atom stereocenters. The summed E-state index contributed by atoms with van der Waals surface area (Å²) in [7, 11) is 0. The van der Waals surface area contributed by atoms with Crippen molar-refractivity contribution < 1.29 is 9.15 Å². The van der Waals surface area contributed by atoms with Gasteiger partial charge in [0.1, 0.15) is 5.69 Å². The Hall–Kier alpha value is -3.17. The van der Waals surface area contributed by atoms with Gasteiger partial charge in [0.2, 0.25) is 5.89 Å². The second kappa shape index (κ2) is 11.1. The molecule has 1 aliphatic carbocycles. The van der Waals surface area contributed by atoms with Gasteiger partial charge in [0.15, 0.2) is 5.76 Å². The molecule has 3 aromatic rings. The number of oxazole rings is 1. The van der Waals surface area contributed by atoms with Crippen molar-refractivity contribution in [2.24, 2.45) is 0 Å². The van der Waals surface area contributed by atoms with Crippen molar-refractivity contribution in [3.05, 3.63) is 102 Å². The normalized spacial score (nSPS) is 12.7. The lowest BCUT2D eigenvalue weighted by molar-refractivity contribution is 0.105. The average molecular weight is 400 g/mol. The van der Waals surface area contributed by atoms with Crippen molar-refractivity contribution in [1.29, 1.82) is 0 Å². The van der Waals surface area contributed by atoms with Crippen molar-refractivity contribution in [1.82, 2.24) is 4.98 Å². The van der Waals surface area contributed by atoms with Crippen LogP contribution in [0.4, 0.5) is 0 Å². The highest BCUT2D eigenvalue weighted by atomic mass is 16.5. The van der Waals surface area contributed by atoms with E-state index in [2.05, 4.69) is 36.9 Å². The van der Waals surface area contributed by atoms with E-state index >= 15 is 0 Å². The minimum Gasteiger partial charge on any atom is -0.436 e. The lowest BCUT2D eigenvalue weighted by Crippen LogP contribution is -1.97. The first kappa shape index (κ1) is 21.5. The topological polar surface area (TPSA) is 35.3 Å². The van der Waals surface area contributed by atoms with Gasteiger partial charge in [-0.3, -0.25) is 0 Å². The number of nitrogens with zero attached hydrogens (tertiary/aromatic N) is 1. The van der Waals surface area contributed by atoms with Crippen LogP contribution < -0.4 is 0 Å². The minimum atomic E-state index is 0.403. The molecule has 30 heavy (non-hydrogen) atoms. The van der Waals surface area contributed by atoms with Gasteiger partial charge in [0, 0.05) is 11.1 Å². The Labute approximate surface area is 179 Å². The van der Waals surface area contributed by atoms with Gasteiger partial charge in [-0.15, -0.1) is 0 Å². The highest BCUT2D eigenvalue weighted by molar-refractivity contribution is 5.66. The molecule has 1 aliphatic rings. The SMILES string of the molecule is C=Cc1ccc(COCc2nc(C3=CC=CCC3)oc2-c2ccccc2)cc1.CC. The minimum absolute atomic E-state index is 0.403. The predicted molar refractivity (Wildman–Crippen MR) is 125 cm³/mol. The molecular formula is C27H29NO2. The zero-order valence-electron chi connectivity index (χ0n) is 17.8. The molecular weight excluding hydrogens is 370 g/mol. The summed E-state index contributed by atoms with van der Waals surface area (Å²) in [5.74, 6) is 1.48. The van der Waals surface area contributed by atoms with Crippen LogP contribution >= 0.6 is 0 Å². The Bertz CT molecular complexity index is 995. The van der Waals surface area contributed by atoms with Gasteiger partial charge in [-0.1, -0.05) is 99.3 Å². The predicted octanol–water partition coefficient (Wildman–Crippen LogP) is 7.46. The third-order valence-electron chi connectivity index (χ3n) is 4.74. The Balaban J connectivity index is 0.00000124. The third kappa shape index (κ3) is 5.46. The van der Waals surface area contributed by atoms with Crippen LogP contribution in [0.25, 0.3) is 23.0 Å². The summed E-state index contributed by atoms with van der Waals surface area (Å²) in [5, 5.41) is 0. The van der Waals surface area contributed by atoms with Crippen LogP contribution in [0.1, 0.15) is 49.4 Å². The van der Waals surface area contributed by atoms with Gasteiger partial charge in [-0.2, -0.15) is 0 Å². The number of hydrogen-bond donors (Lipinski definition) is 0. The quantitative estimate of drug-likeness (QED) is 0.413. The van der Waals surface area contributed by atoms with Crippen molar-refractivity contribution in [3.63, 3.8) is 0 Å². The van der Waals surface area contributed by atoms with Crippen LogP contribution in [-0.4, -0.2) is 4.98 Å². The monoisotopic (exact) mass is 399 g/mol. The maximum Gasteiger partial charge on any atom is 0.223 e. The van der Waals surface area contributed by atoms with Gasteiger partial charge in [-0.05, 0) is 24.0 Å². The highest BCUT2D eigenvalue weighted by Crippen LogP contribution is 2.31. The van der Waals surface area contributed by atoms with Gasteiger partial charge in [-0.25, -0.2) is 4.98 Å². The molecule has 0 aliphatic heterocycles. The number of aromatic nitrogens is 1. The van der Waals surface area contributed by atoms with E-state index in [0.29, 0.717) is 19.1 Å². The van der Waals surface area contributed by atoms with Crippen LogP contribution in [0, 0.1) is 0 Å². The van der Waals surface area contributed by atoms with E-state index < -0.39 is 0 Å². The smallest absolute Gasteiger partial charge is 0.223 e. The number of benzene rings is 2. The Morgan fingerprint density at radius 2 is 1.80 bits per heavy atom. The van der Waals surface area contributed by atoms with Gasteiger partial charge in [0.05, 0.1) is 13.2 Å². The van der Waals surface area contributed by atoms with E-state index in [1.807, 2.05) is 62.4 Å². The van der Waals surface area contributed by atoms with Gasteiger partial charge >= 0.3 is 0 Å². The van der Waals surface area contributed by atoms with Crippen molar-refractivity contribution in [3.8, 4) is 11.3 Å². The number of hydrogen-bond acceptors (Lipinski definition) is 3. The molecule has 1 aromatic heterocycles. The molecule has 1 heterocycles. The number of allylic oxidation sites excluding steroid dienone is 4. The fourth-order valence-electron chi connectivity index (χ4n) is 3.20. The van der Waals surface area contributed by atoms with Crippen molar-refractivity contribution >= 4 is 11.6 Å². The molecule has 4 rings (SSSR count). The summed E-state index contributed by atoms with van der Waals surface area (Å²) in [6.07, 6.45) is 10.1. The molecule has 3 heteroatoms. The Kier molecular flexibility index (Phi) is 7.99. The zero-order chi connectivity index (χ0) is 21.2. The zero-order valence-corrected chi connectivity index (χ0v) is 17.8. The summed E-state index contributed by atoms with van der Waals surface area (Å²) < 4.78 is 12.1. The summed E-state index contributed by atoms with van der Waals surface area (Å²) in [6, 6.07) is 18.3. The van der Waals surface area contributed by atoms with Gasteiger partial charge in [0.25, 0.3) is 0 Å². The summed E-state index contributed by atoms with van der Waals surface area (Å²) in [5.41, 5.74) is 5.20. The highest BCUT2D eigenvalue weighted by Gasteiger charge is 2.18. The number of ether oxygens (including phenoxy) is 1. The van der Waals surface area contributed by atoms with E-state index in [1.54, 1.807) is 0 Å². The molecule has 0 fully saturated rings. The van der Waals surface area contributed by atoms with E-state index in [0.717, 1.165) is 46.6 Å². The summed E-state index contributed by atoms with van der Waals surface area (Å²) in [4.78, 5) is 4.76. The molecule has 0 N–H and O–H groups in total. The molecule has 0 radical (unpaired) electrons.